The Morgan fingerprint density at radius 3 is 2.00 bits per heavy atom. The highest BCUT2D eigenvalue weighted by atomic mass is 16.2. The zero-order chi connectivity index (χ0) is 10.8. The Morgan fingerprint density at radius 2 is 1.53 bits per heavy atom. The van der Waals surface area contributed by atoms with E-state index in [2.05, 4.69) is 5.11 Å². The minimum atomic E-state index is -0.351. The number of rotatable bonds is 2. The molecular formula is C10H7N3O2. The molecule has 0 aliphatic carbocycles. The van der Waals surface area contributed by atoms with E-state index in [0.717, 1.165) is 4.90 Å². The van der Waals surface area contributed by atoms with Crippen LogP contribution in [0.4, 0.5) is 11.4 Å². The number of nitrogens with one attached hydrogen (secondary N) is 1. The molecule has 2 rings (SSSR count). The predicted octanol–water partition coefficient (Wildman–Crippen LogP) is 1.78. The van der Waals surface area contributed by atoms with Crippen molar-refractivity contribution in [1.29, 1.82) is 5.53 Å². The summed E-state index contributed by atoms with van der Waals surface area (Å²) in [4.78, 5) is 23.7. The van der Waals surface area contributed by atoms with E-state index in [1.54, 1.807) is 24.3 Å². The van der Waals surface area contributed by atoms with Gasteiger partial charge < -0.3 is 0 Å². The van der Waals surface area contributed by atoms with Gasteiger partial charge in [0.1, 0.15) is 0 Å². The molecule has 0 fully saturated rings. The van der Waals surface area contributed by atoms with Gasteiger partial charge in [0.2, 0.25) is 0 Å². The van der Waals surface area contributed by atoms with Crippen molar-refractivity contribution < 1.29 is 9.59 Å². The molecule has 1 heterocycles. The summed E-state index contributed by atoms with van der Waals surface area (Å²) in [5.74, 6) is -0.703. The SMILES string of the molecule is N=Nc1ccc(N2C(=O)C=CC2=O)cc1. The maximum absolute atomic E-state index is 11.3. The van der Waals surface area contributed by atoms with E-state index >= 15 is 0 Å². The lowest BCUT2D eigenvalue weighted by molar-refractivity contribution is -0.119. The summed E-state index contributed by atoms with van der Waals surface area (Å²) in [5, 5.41) is 3.22. The Balaban J connectivity index is 2.34. The van der Waals surface area contributed by atoms with Crippen molar-refractivity contribution in [2.75, 3.05) is 4.90 Å². The van der Waals surface area contributed by atoms with Crippen LogP contribution < -0.4 is 4.90 Å². The zero-order valence-electron chi connectivity index (χ0n) is 7.68. The molecule has 0 unspecified atom stereocenters. The highest BCUT2D eigenvalue weighted by Gasteiger charge is 2.24. The largest absolute Gasteiger partial charge is 0.269 e. The quantitative estimate of drug-likeness (QED) is 0.585. The number of anilines is 1. The van der Waals surface area contributed by atoms with Crippen LogP contribution in [0.2, 0.25) is 0 Å². The Morgan fingerprint density at radius 1 is 1.00 bits per heavy atom. The number of imide groups is 1. The van der Waals surface area contributed by atoms with Crippen LogP contribution in [-0.4, -0.2) is 11.8 Å². The molecule has 1 aromatic carbocycles. The second-order valence-corrected chi connectivity index (χ2v) is 2.97. The van der Waals surface area contributed by atoms with Gasteiger partial charge in [-0.05, 0) is 24.3 Å². The monoisotopic (exact) mass is 201 g/mol. The van der Waals surface area contributed by atoms with Gasteiger partial charge in [0.05, 0.1) is 11.4 Å². The van der Waals surface area contributed by atoms with Crippen molar-refractivity contribution in [1.82, 2.24) is 0 Å². The van der Waals surface area contributed by atoms with E-state index in [9.17, 15) is 9.59 Å². The molecule has 74 valence electrons. The number of carbonyl (C=O) groups is 2. The topological polar surface area (TPSA) is 73.6 Å². The summed E-state index contributed by atoms with van der Waals surface area (Å²) in [6.45, 7) is 0. The number of nitrogens with zero attached hydrogens (tertiary/aromatic N) is 2. The molecule has 0 bridgehead atoms. The highest BCUT2D eigenvalue weighted by Crippen LogP contribution is 2.22. The van der Waals surface area contributed by atoms with Crippen LogP contribution in [0.5, 0.6) is 0 Å². The van der Waals surface area contributed by atoms with Crippen molar-refractivity contribution in [2.24, 2.45) is 5.11 Å². The molecule has 5 heteroatoms. The van der Waals surface area contributed by atoms with Gasteiger partial charge in [0, 0.05) is 12.2 Å². The summed E-state index contributed by atoms with van der Waals surface area (Å²) in [6, 6.07) is 6.30. The highest BCUT2D eigenvalue weighted by molar-refractivity contribution is 6.28. The van der Waals surface area contributed by atoms with Gasteiger partial charge in [-0.15, -0.1) is 0 Å². The summed E-state index contributed by atoms with van der Waals surface area (Å²) in [7, 11) is 0. The first-order chi connectivity index (χ1) is 7.22. The average Bonchev–Trinajstić information content (AvgIpc) is 2.59. The molecular weight excluding hydrogens is 194 g/mol. The third-order valence-electron chi connectivity index (χ3n) is 2.05. The lowest BCUT2D eigenvalue weighted by Crippen LogP contribution is -2.29. The normalized spacial score (nSPS) is 14.8. The van der Waals surface area contributed by atoms with Crippen LogP contribution in [0, 0.1) is 5.53 Å². The van der Waals surface area contributed by atoms with Crippen LogP contribution in [0.25, 0.3) is 0 Å². The van der Waals surface area contributed by atoms with Crippen LogP contribution >= 0.6 is 0 Å². The van der Waals surface area contributed by atoms with E-state index < -0.39 is 0 Å². The molecule has 0 aromatic heterocycles. The Hall–Kier alpha value is -2.30. The molecule has 5 nitrogen and oxygen atoms in total. The number of amides is 2. The van der Waals surface area contributed by atoms with Gasteiger partial charge >= 0.3 is 0 Å². The van der Waals surface area contributed by atoms with Gasteiger partial charge in [-0.25, -0.2) is 10.4 Å². The molecule has 0 radical (unpaired) electrons. The molecule has 1 aliphatic heterocycles. The number of carbonyl (C=O) groups excluding carboxylic acids is 2. The van der Waals surface area contributed by atoms with E-state index in [1.165, 1.54) is 12.2 Å². The lowest BCUT2D eigenvalue weighted by atomic mass is 10.2. The number of hydrogen-bond donors (Lipinski definition) is 1. The molecule has 1 N–H and O–H groups in total. The third kappa shape index (κ3) is 1.54. The molecule has 0 saturated carbocycles. The van der Waals surface area contributed by atoms with Crippen LogP contribution in [-0.2, 0) is 9.59 Å². The minimum absolute atomic E-state index is 0.351. The smallest absolute Gasteiger partial charge is 0.258 e. The summed E-state index contributed by atoms with van der Waals surface area (Å²) < 4.78 is 0. The standard InChI is InChI=1S/C10H7N3O2/c11-12-7-1-3-8(4-2-7)13-9(14)5-6-10(13)15/h1-6,11H. The van der Waals surface area contributed by atoms with Gasteiger partial charge in [-0.1, -0.05) is 0 Å². The minimum Gasteiger partial charge on any atom is -0.269 e. The van der Waals surface area contributed by atoms with Crippen molar-refractivity contribution >= 4 is 23.2 Å². The summed E-state index contributed by atoms with van der Waals surface area (Å²) in [5.41, 5.74) is 7.73. The van der Waals surface area contributed by atoms with Gasteiger partial charge in [0.25, 0.3) is 11.8 Å². The van der Waals surface area contributed by atoms with Crippen LogP contribution in [0.15, 0.2) is 41.5 Å². The Labute approximate surface area is 85.5 Å². The average molecular weight is 201 g/mol. The predicted molar refractivity (Wildman–Crippen MR) is 52.9 cm³/mol. The fourth-order valence-corrected chi connectivity index (χ4v) is 1.33. The number of hydrogen-bond acceptors (Lipinski definition) is 4. The Bertz CT molecular complexity index is 444. The molecule has 0 saturated heterocycles. The molecule has 15 heavy (non-hydrogen) atoms. The molecule has 0 spiro atoms. The van der Waals surface area contributed by atoms with E-state index in [-0.39, 0.29) is 11.8 Å². The van der Waals surface area contributed by atoms with Crippen molar-refractivity contribution in [3.05, 3.63) is 36.4 Å². The van der Waals surface area contributed by atoms with Crippen molar-refractivity contribution in [3.8, 4) is 0 Å². The van der Waals surface area contributed by atoms with Crippen molar-refractivity contribution in [3.63, 3.8) is 0 Å². The Kier molecular flexibility index (Phi) is 2.13. The molecule has 1 aliphatic rings. The van der Waals surface area contributed by atoms with E-state index in [4.69, 9.17) is 5.53 Å². The van der Waals surface area contributed by atoms with Gasteiger partial charge in [-0.2, -0.15) is 5.11 Å². The van der Waals surface area contributed by atoms with Crippen LogP contribution in [0.3, 0.4) is 0 Å². The maximum Gasteiger partial charge on any atom is 0.258 e. The van der Waals surface area contributed by atoms with Gasteiger partial charge in [0.15, 0.2) is 0 Å². The van der Waals surface area contributed by atoms with E-state index in [0.29, 0.717) is 11.4 Å². The molecule has 2 amide bonds. The fraction of sp³-hybridized carbons (Fsp3) is 0. The first kappa shape index (κ1) is 9.26. The van der Waals surface area contributed by atoms with Gasteiger partial charge in [-0.3, -0.25) is 9.59 Å². The lowest BCUT2D eigenvalue weighted by Gasteiger charge is -2.13. The summed E-state index contributed by atoms with van der Waals surface area (Å²) in [6.07, 6.45) is 2.45. The first-order valence-electron chi connectivity index (χ1n) is 4.26. The second-order valence-electron chi connectivity index (χ2n) is 2.97. The van der Waals surface area contributed by atoms with Crippen LogP contribution in [0.1, 0.15) is 0 Å². The zero-order valence-corrected chi connectivity index (χ0v) is 7.68. The van der Waals surface area contributed by atoms with Crippen molar-refractivity contribution in [2.45, 2.75) is 0 Å². The fourth-order valence-electron chi connectivity index (χ4n) is 1.33. The maximum atomic E-state index is 11.3. The third-order valence-corrected chi connectivity index (χ3v) is 2.05. The second kappa shape index (κ2) is 3.45. The number of benzene rings is 1. The van der Waals surface area contributed by atoms with E-state index in [1.807, 2.05) is 0 Å². The summed E-state index contributed by atoms with van der Waals surface area (Å²) >= 11 is 0. The first-order valence-corrected chi connectivity index (χ1v) is 4.26. The molecule has 0 atom stereocenters. The molecule has 1 aromatic rings.